The quantitative estimate of drug-likeness (QED) is 0.480. The lowest BCUT2D eigenvalue weighted by molar-refractivity contribution is 0.287. The first-order valence-corrected chi connectivity index (χ1v) is 10.4. The Morgan fingerprint density at radius 2 is 1.89 bits per heavy atom. The Kier molecular flexibility index (Phi) is 8.91. The Labute approximate surface area is 166 Å². The topological polar surface area (TPSA) is 67.8 Å². The molecule has 2 aromatic rings. The van der Waals surface area contributed by atoms with Gasteiger partial charge in [0.15, 0.2) is 17.5 Å². The van der Waals surface area contributed by atoms with Gasteiger partial charge in [0, 0.05) is 18.0 Å². The average molecular weight is 391 g/mol. The summed E-state index contributed by atoms with van der Waals surface area (Å²) in [4.78, 5) is 10.1. The number of aryl methyl sites for hydroxylation is 1. The predicted octanol–water partition coefficient (Wildman–Crippen LogP) is 3.55. The maximum atomic E-state index is 5.70. The first-order valence-electron chi connectivity index (χ1n) is 9.47. The fourth-order valence-electron chi connectivity index (χ4n) is 2.55. The third-order valence-corrected chi connectivity index (χ3v) is 4.80. The van der Waals surface area contributed by atoms with Crippen LogP contribution in [-0.2, 0) is 13.0 Å². The highest BCUT2D eigenvalue weighted by Gasteiger charge is 2.07. The summed E-state index contributed by atoms with van der Waals surface area (Å²) >= 11 is 1.64. The molecule has 0 aliphatic heterocycles. The summed E-state index contributed by atoms with van der Waals surface area (Å²) in [7, 11) is 0. The van der Waals surface area contributed by atoms with Crippen LogP contribution in [0, 0.1) is 6.92 Å². The van der Waals surface area contributed by atoms with E-state index in [-0.39, 0.29) is 0 Å². The maximum absolute atomic E-state index is 5.70. The minimum atomic E-state index is 0.621. The van der Waals surface area contributed by atoms with E-state index < -0.39 is 0 Å². The molecule has 1 heterocycles. The summed E-state index contributed by atoms with van der Waals surface area (Å²) in [6, 6.07) is 6.12. The zero-order valence-electron chi connectivity index (χ0n) is 16.7. The molecule has 2 N–H and O–H groups in total. The van der Waals surface area contributed by atoms with Crippen molar-refractivity contribution in [3.63, 3.8) is 0 Å². The number of guanidine groups is 1. The number of ether oxygens (including phenoxy) is 2. The molecule has 0 atom stereocenters. The molecule has 1 aromatic heterocycles. The van der Waals surface area contributed by atoms with E-state index in [9.17, 15) is 0 Å². The standard InChI is InChI=1S/C20H30N4O2S/c1-5-21-20(23-13-19-15(4)24-14-27-19)22-11-10-16-8-9-17(25-6-2)18(12-16)26-7-3/h8-9,12,14H,5-7,10-11,13H2,1-4H3,(H2,21,22,23). The molecular formula is C20H30N4O2S. The van der Waals surface area contributed by atoms with Crippen LogP contribution in [0.25, 0.3) is 0 Å². The van der Waals surface area contributed by atoms with Gasteiger partial charge in [0.25, 0.3) is 0 Å². The van der Waals surface area contributed by atoms with Gasteiger partial charge in [-0.2, -0.15) is 0 Å². The molecule has 6 nitrogen and oxygen atoms in total. The van der Waals surface area contributed by atoms with Crippen LogP contribution in [0.15, 0.2) is 28.7 Å². The highest BCUT2D eigenvalue weighted by Crippen LogP contribution is 2.28. The number of hydrogen-bond acceptors (Lipinski definition) is 5. The van der Waals surface area contributed by atoms with Gasteiger partial charge in [0.05, 0.1) is 31.0 Å². The van der Waals surface area contributed by atoms with Gasteiger partial charge >= 0.3 is 0 Å². The minimum absolute atomic E-state index is 0.621. The SMILES string of the molecule is CCNC(=NCc1scnc1C)NCCc1ccc(OCC)c(OCC)c1. The normalized spacial score (nSPS) is 11.3. The number of benzene rings is 1. The third kappa shape index (κ3) is 6.75. The third-order valence-electron chi connectivity index (χ3n) is 3.88. The molecule has 1 aromatic carbocycles. The van der Waals surface area contributed by atoms with Crippen molar-refractivity contribution in [3.05, 3.63) is 39.8 Å². The molecule has 2 rings (SSSR count). The zero-order chi connectivity index (χ0) is 19.5. The highest BCUT2D eigenvalue weighted by molar-refractivity contribution is 7.09. The van der Waals surface area contributed by atoms with Gasteiger partial charge in [-0.15, -0.1) is 11.3 Å². The molecule has 0 saturated heterocycles. The fraction of sp³-hybridized carbons (Fsp3) is 0.500. The molecule has 27 heavy (non-hydrogen) atoms. The summed E-state index contributed by atoms with van der Waals surface area (Å²) in [5.74, 6) is 2.42. The number of aromatic nitrogens is 1. The van der Waals surface area contributed by atoms with Crippen molar-refractivity contribution in [3.8, 4) is 11.5 Å². The molecule has 0 aliphatic rings. The Morgan fingerprint density at radius 1 is 1.11 bits per heavy atom. The summed E-state index contributed by atoms with van der Waals surface area (Å²) in [6.07, 6.45) is 0.872. The van der Waals surface area contributed by atoms with Gasteiger partial charge in [-0.3, -0.25) is 0 Å². The van der Waals surface area contributed by atoms with E-state index in [4.69, 9.17) is 9.47 Å². The molecular weight excluding hydrogens is 360 g/mol. The van der Waals surface area contributed by atoms with Crippen LogP contribution < -0.4 is 20.1 Å². The number of nitrogens with zero attached hydrogens (tertiary/aromatic N) is 2. The van der Waals surface area contributed by atoms with Crippen LogP contribution in [0.4, 0.5) is 0 Å². The van der Waals surface area contributed by atoms with Crippen molar-refractivity contribution < 1.29 is 9.47 Å². The summed E-state index contributed by atoms with van der Waals surface area (Å²) in [5.41, 5.74) is 4.11. The van der Waals surface area contributed by atoms with E-state index in [0.29, 0.717) is 19.8 Å². The highest BCUT2D eigenvalue weighted by atomic mass is 32.1. The fourth-order valence-corrected chi connectivity index (χ4v) is 3.25. The smallest absolute Gasteiger partial charge is 0.191 e. The molecule has 0 unspecified atom stereocenters. The Morgan fingerprint density at radius 3 is 2.56 bits per heavy atom. The van der Waals surface area contributed by atoms with E-state index in [1.165, 1.54) is 10.4 Å². The van der Waals surface area contributed by atoms with Crippen molar-refractivity contribution in [2.24, 2.45) is 4.99 Å². The average Bonchev–Trinajstić information content (AvgIpc) is 3.07. The van der Waals surface area contributed by atoms with Gasteiger partial charge in [-0.1, -0.05) is 6.07 Å². The van der Waals surface area contributed by atoms with Crippen molar-refractivity contribution in [2.75, 3.05) is 26.3 Å². The molecule has 0 amide bonds. The first kappa shape index (κ1) is 21.0. The van der Waals surface area contributed by atoms with Crippen molar-refractivity contribution >= 4 is 17.3 Å². The van der Waals surface area contributed by atoms with Gasteiger partial charge in [0.1, 0.15) is 0 Å². The van der Waals surface area contributed by atoms with Crippen LogP contribution in [-0.4, -0.2) is 37.2 Å². The van der Waals surface area contributed by atoms with Crippen LogP contribution in [0.5, 0.6) is 11.5 Å². The Hall–Kier alpha value is -2.28. The lowest BCUT2D eigenvalue weighted by Gasteiger charge is -2.14. The molecule has 0 radical (unpaired) electrons. The molecule has 148 valence electrons. The van der Waals surface area contributed by atoms with Crippen LogP contribution in [0.2, 0.25) is 0 Å². The van der Waals surface area contributed by atoms with Crippen LogP contribution in [0.1, 0.15) is 36.9 Å². The number of nitrogens with one attached hydrogen (secondary N) is 2. The van der Waals surface area contributed by atoms with Gasteiger partial charge in [-0.25, -0.2) is 9.98 Å². The maximum Gasteiger partial charge on any atom is 0.191 e. The lowest BCUT2D eigenvalue weighted by Crippen LogP contribution is -2.38. The summed E-state index contributed by atoms with van der Waals surface area (Å²) in [6.45, 7) is 11.5. The van der Waals surface area contributed by atoms with Crippen LogP contribution >= 0.6 is 11.3 Å². The Bertz CT molecular complexity index is 731. The van der Waals surface area contributed by atoms with Crippen molar-refractivity contribution in [1.29, 1.82) is 0 Å². The lowest BCUT2D eigenvalue weighted by atomic mass is 10.1. The molecule has 0 saturated carbocycles. The minimum Gasteiger partial charge on any atom is -0.490 e. The van der Waals surface area contributed by atoms with E-state index in [1.54, 1.807) is 11.3 Å². The number of rotatable bonds is 10. The first-order chi connectivity index (χ1) is 13.2. The summed E-state index contributed by atoms with van der Waals surface area (Å²) < 4.78 is 11.3. The number of hydrogen-bond donors (Lipinski definition) is 2. The predicted molar refractivity (Wildman–Crippen MR) is 112 cm³/mol. The van der Waals surface area contributed by atoms with E-state index in [0.717, 1.165) is 42.7 Å². The number of aliphatic imine (C=N–C) groups is 1. The van der Waals surface area contributed by atoms with Gasteiger partial charge in [-0.05, 0) is 51.8 Å². The van der Waals surface area contributed by atoms with E-state index in [1.807, 2.05) is 32.3 Å². The summed E-state index contributed by atoms with van der Waals surface area (Å²) in [5, 5.41) is 6.68. The molecule has 7 heteroatoms. The van der Waals surface area contributed by atoms with Crippen molar-refractivity contribution in [2.45, 2.75) is 40.7 Å². The molecule has 0 fully saturated rings. The van der Waals surface area contributed by atoms with Crippen LogP contribution in [0.3, 0.4) is 0 Å². The van der Waals surface area contributed by atoms with Crippen molar-refractivity contribution in [1.82, 2.24) is 15.6 Å². The van der Waals surface area contributed by atoms with E-state index >= 15 is 0 Å². The van der Waals surface area contributed by atoms with E-state index in [2.05, 4.69) is 39.7 Å². The second-order valence-corrected chi connectivity index (χ2v) is 6.82. The Balaban J connectivity index is 1.93. The second-order valence-electron chi connectivity index (χ2n) is 5.88. The zero-order valence-corrected chi connectivity index (χ0v) is 17.5. The number of thiazole rings is 1. The van der Waals surface area contributed by atoms with Gasteiger partial charge < -0.3 is 20.1 Å². The second kappa shape index (κ2) is 11.4. The van der Waals surface area contributed by atoms with Gasteiger partial charge in [0.2, 0.25) is 0 Å². The molecule has 0 aliphatic carbocycles. The monoisotopic (exact) mass is 390 g/mol. The largest absolute Gasteiger partial charge is 0.490 e. The molecule has 0 spiro atoms. The molecule has 0 bridgehead atoms.